The number of Topliss-reactive ketones (excluding diaryl/α,β-unsaturated/α-hetero) is 1. The molecule has 1 fully saturated rings. The molecule has 2 N–H and O–H groups in total. The van der Waals surface area contributed by atoms with E-state index >= 15 is 0 Å². The summed E-state index contributed by atoms with van der Waals surface area (Å²) in [5, 5.41) is 0. The fraction of sp³-hybridized carbons (Fsp3) is 0.909. The molecule has 0 atom stereocenters. The largest absolute Gasteiger partial charge is 0.319 e. The topological polar surface area (TPSA) is 77.2 Å². The van der Waals surface area contributed by atoms with Crippen molar-refractivity contribution in [3.8, 4) is 0 Å². The third-order valence-corrected chi connectivity index (χ3v) is 5.09. The molecule has 1 saturated carbocycles. The number of sulfone groups is 1. The molecule has 0 saturated heterocycles. The fourth-order valence-electron chi connectivity index (χ4n) is 2.10. The second-order valence-electron chi connectivity index (χ2n) is 4.63. The number of ketones is 1. The Balaban J connectivity index is 2.52. The Labute approximate surface area is 97.5 Å². The van der Waals surface area contributed by atoms with Crippen LogP contribution in [0.3, 0.4) is 0 Å². The van der Waals surface area contributed by atoms with Gasteiger partial charge in [-0.2, -0.15) is 0 Å². The van der Waals surface area contributed by atoms with Gasteiger partial charge in [0.2, 0.25) is 0 Å². The SMILES string of the molecule is CCS(=O)(=O)CCC(=O)C1(N)CCCCC1. The van der Waals surface area contributed by atoms with Gasteiger partial charge in [-0.1, -0.05) is 26.2 Å². The van der Waals surface area contributed by atoms with Crippen LogP contribution < -0.4 is 5.73 Å². The van der Waals surface area contributed by atoms with Gasteiger partial charge in [0.1, 0.15) is 9.84 Å². The van der Waals surface area contributed by atoms with Crippen molar-refractivity contribution >= 4 is 15.6 Å². The Morgan fingerprint density at radius 2 is 1.81 bits per heavy atom. The monoisotopic (exact) mass is 247 g/mol. The van der Waals surface area contributed by atoms with Gasteiger partial charge in [0.15, 0.2) is 5.78 Å². The van der Waals surface area contributed by atoms with Gasteiger partial charge in [0.25, 0.3) is 0 Å². The maximum atomic E-state index is 11.9. The van der Waals surface area contributed by atoms with Crippen LogP contribution in [0.2, 0.25) is 0 Å². The van der Waals surface area contributed by atoms with E-state index in [1.54, 1.807) is 6.92 Å². The zero-order valence-corrected chi connectivity index (χ0v) is 10.7. The Hall–Kier alpha value is -0.420. The molecule has 0 amide bonds. The molecule has 1 aliphatic carbocycles. The quantitative estimate of drug-likeness (QED) is 0.787. The van der Waals surface area contributed by atoms with Crippen molar-refractivity contribution in [2.24, 2.45) is 5.73 Å². The molecule has 94 valence electrons. The van der Waals surface area contributed by atoms with E-state index in [0.29, 0.717) is 12.8 Å². The molecule has 1 aliphatic rings. The van der Waals surface area contributed by atoms with E-state index in [9.17, 15) is 13.2 Å². The fourth-order valence-corrected chi connectivity index (χ4v) is 2.89. The molecule has 0 aliphatic heterocycles. The molecule has 4 nitrogen and oxygen atoms in total. The highest BCUT2D eigenvalue weighted by Crippen LogP contribution is 2.27. The van der Waals surface area contributed by atoms with Gasteiger partial charge in [0.05, 0.1) is 11.3 Å². The highest BCUT2D eigenvalue weighted by molar-refractivity contribution is 7.91. The Morgan fingerprint density at radius 1 is 1.25 bits per heavy atom. The molecule has 0 heterocycles. The molecule has 0 aromatic heterocycles. The first-order chi connectivity index (χ1) is 7.40. The van der Waals surface area contributed by atoms with Gasteiger partial charge < -0.3 is 5.73 Å². The number of rotatable bonds is 5. The maximum absolute atomic E-state index is 11.9. The average Bonchev–Trinajstić information content (AvgIpc) is 2.27. The van der Waals surface area contributed by atoms with Crippen LogP contribution in [-0.4, -0.2) is 31.2 Å². The van der Waals surface area contributed by atoms with E-state index in [1.165, 1.54) is 0 Å². The lowest BCUT2D eigenvalue weighted by Crippen LogP contribution is -2.49. The molecule has 16 heavy (non-hydrogen) atoms. The Bertz CT molecular complexity index is 342. The van der Waals surface area contributed by atoms with Crippen LogP contribution in [0.15, 0.2) is 0 Å². The molecule has 0 radical (unpaired) electrons. The molecule has 0 unspecified atom stereocenters. The summed E-state index contributed by atoms with van der Waals surface area (Å²) >= 11 is 0. The van der Waals surface area contributed by atoms with Gasteiger partial charge >= 0.3 is 0 Å². The summed E-state index contributed by atoms with van der Waals surface area (Å²) in [5.74, 6) is -0.0386. The maximum Gasteiger partial charge on any atom is 0.153 e. The molecular weight excluding hydrogens is 226 g/mol. The summed E-state index contributed by atoms with van der Waals surface area (Å²) in [7, 11) is -3.06. The van der Waals surface area contributed by atoms with E-state index in [2.05, 4.69) is 0 Å². The Kier molecular flexibility index (Phi) is 4.50. The number of hydrogen-bond acceptors (Lipinski definition) is 4. The van der Waals surface area contributed by atoms with Crippen LogP contribution in [0.4, 0.5) is 0 Å². The van der Waals surface area contributed by atoms with Crippen LogP contribution in [-0.2, 0) is 14.6 Å². The summed E-state index contributed by atoms with van der Waals surface area (Å²) in [6.07, 6.45) is 4.56. The summed E-state index contributed by atoms with van der Waals surface area (Å²) in [5.41, 5.74) is 5.28. The van der Waals surface area contributed by atoms with Crippen molar-refractivity contribution in [1.82, 2.24) is 0 Å². The predicted molar refractivity (Wildman–Crippen MR) is 64.0 cm³/mol. The summed E-state index contributed by atoms with van der Waals surface area (Å²) in [4.78, 5) is 11.9. The third-order valence-electron chi connectivity index (χ3n) is 3.38. The van der Waals surface area contributed by atoms with Crippen molar-refractivity contribution in [2.45, 2.75) is 51.0 Å². The van der Waals surface area contributed by atoms with E-state index in [1.807, 2.05) is 0 Å². The second-order valence-corrected chi connectivity index (χ2v) is 7.10. The third kappa shape index (κ3) is 3.56. The summed E-state index contributed by atoms with van der Waals surface area (Å²) < 4.78 is 22.6. The summed E-state index contributed by atoms with van der Waals surface area (Å²) in [6, 6.07) is 0. The van der Waals surface area contributed by atoms with E-state index in [4.69, 9.17) is 5.73 Å². The first-order valence-electron chi connectivity index (χ1n) is 5.92. The van der Waals surface area contributed by atoms with Crippen molar-refractivity contribution < 1.29 is 13.2 Å². The van der Waals surface area contributed by atoms with E-state index in [-0.39, 0.29) is 23.7 Å². The van der Waals surface area contributed by atoms with Crippen molar-refractivity contribution in [3.63, 3.8) is 0 Å². The predicted octanol–water partition coefficient (Wildman–Crippen LogP) is 1.04. The molecule has 0 aromatic rings. The van der Waals surface area contributed by atoms with E-state index in [0.717, 1.165) is 19.3 Å². The van der Waals surface area contributed by atoms with Crippen LogP contribution in [0.25, 0.3) is 0 Å². The smallest absolute Gasteiger partial charge is 0.153 e. The van der Waals surface area contributed by atoms with Gasteiger partial charge in [-0.25, -0.2) is 8.42 Å². The van der Waals surface area contributed by atoms with Gasteiger partial charge in [-0.05, 0) is 12.8 Å². The normalized spacial score (nSPS) is 20.6. The lowest BCUT2D eigenvalue weighted by atomic mass is 9.79. The number of carbonyl (C=O) groups excluding carboxylic acids is 1. The minimum absolute atomic E-state index is 0.0543. The first kappa shape index (κ1) is 13.6. The number of hydrogen-bond donors (Lipinski definition) is 1. The minimum atomic E-state index is -3.06. The van der Waals surface area contributed by atoms with Crippen molar-refractivity contribution in [3.05, 3.63) is 0 Å². The standard InChI is InChI=1S/C11H21NO3S/c1-2-16(14,15)9-6-10(13)11(12)7-4-3-5-8-11/h2-9,12H2,1H3. The van der Waals surface area contributed by atoms with Crippen molar-refractivity contribution in [2.75, 3.05) is 11.5 Å². The highest BCUT2D eigenvalue weighted by atomic mass is 32.2. The number of carbonyl (C=O) groups is 1. The van der Waals surface area contributed by atoms with Crippen LogP contribution >= 0.6 is 0 Å². The van der Waals surface area contributed by atoms with Gasteiger partial charge in [0, 0.05) is 12.2 Å². The average molecular weight is 247 g/mol. The lowest BCUT2D eigenvalue weighted by Gasteiger charge is -2.31. The minimum Gasteiger partial charge on any atom is -0.319 e. The lowest BCUT2D eigenvalue weighted by molar-refractivity contribution is -0.124. The van der Waals surface area contributed by atoms with Crippen LogP contribution in [0.1, 0.15) is 45.4 Å². The zero-order valence-electron chi connectivity index (χ0n) is 9.87. The highest BCUT2D eigenvalue weighted by Gasteiger charge is 2.34. The molecule has 5 heteroatoms. The number of nitrogens with two attached hydrogens (primary N) is 1. The molecule has 1 rings (SSSR count). The van der Waals surface area contributed by atoms with Gasteiger partial charge in [-0.15, -0.1) is 0 Å². The summed E-state index contributed by atoms with van der Waals surface area (Å²) in [6.45, 7) is 1.60. The molecule has 0 spiro atoms. The van der Waals surface area contributed by atoms with Crippen LogP contribution in [0.5, 0.6) is 0 Å². The Morgan fingerprint density at radius 3 is 2.31 bits per heavy atom. The van der Waals surface area contributed by atoms with Crippen molar-refractivity contribution in [1.29, 1.82) is 0 Å². The molecule has 0 bridgehead atoms. The molecular formula is C11H21NO3S. The zero-order chi connectivity index (χ0) is 12.2. The first-order valence-corrected chi connectivity index (χ1v) is 7.74. The van der Waals surface area contributed by atoms with Crippen LogP contribution in [0, 0.1) is 0 Å². The van der Waals surface area contributed by atoms with E-state index < -0.39 is 15.4 Å². The molecule has 0 aromatic carbocycles. The second kappa shape index (κ2) is 5.27. The van der Waals surface area contributed by atoms with Gasteiger partial charge in [-0.3, -0.25) is 4.79 Å².